The van der Waals surface area contributed by atoms with Gasteiger partial charge in [-0.25, -0.2) is 0 Å². The van der Waals surface area contributed by atoms with Crippen LogP contribution in [-0.4, -0.2) is 28.6 Å². The molecule has 0 saturated carbocycles. The van der Waals surface area contributed by atoms with Crippen molar-refractivity contribution in [3.8, 4) is 11.5 Å². The number of ether oxygens (including phenoxy) is 2. The molecule has 1 atom stereocenters. The van der Waals surface area contributed by atoms with Crippen molar-refractivity contribution in [3.05, 3.63) is 35.5 Å². The molecule has 3 rings (SSSR count). The standard InChI is InChI=1S/C15H17N3O4S/c1-9(15-17-10(2)18-22-15)23-7-14(19)16-6-11-3-4-12-13(5-11)21-8-20-12/h3-5,9H,6-8H2,1-2H3,(H,16,19). The van der Waals surface area contributed by atoms with Gasteiger partial charge >= 0.3 is 0 Å². The third-order valence-electron chi connectivity index (χ3n) is 3.28. The lowest BCUT2D eigenvalue weighted by atomic mass is 10.2. The molecule has 7 nitrogen and oxygen atoms in total. The molecule has 0 spiro atoms. The first-order valence-corrected chi connectivity index (χ1v) is 8.24. The minimum absolute atomic E-state index is 0.0208. The van der Waals surface area contributed by atoms with Gasteiger partial charge in [-0.3, -0.25) is 4.79 Å². The van der Waals surface area contributed by atoms with Crippen molar-refractivity contribution < 1.29 is 18.8 Å². The van der Waals surface area contributed by atoms with Gasteiger partial charge in [-0.2, -0.15) is 4.98 Å². The van der Waals surface area contributed by atoms with E-state index in [0.29, 0.717) is 29.8 Å². The lowest BCUT2D eigenvalue weighted by molar-refractivity contribution is -0.118. The molecule has 0 aliphatic carbocycles. The highest BCUT2D eigenvalue weighted by Crippen LogP contribution is 2.32. The van der Waals surface area contributed by atoms with Gasteiger partial charge in [0.1, 0.15) is 0 Å². The zero-order valence-electron chi connectivity index (χ0n) is 12.9. The van der Waals surface area contributed by atoms with E-state index < -0.39 is 0 Å². The zero-order valence-corrected chi connectivity index (χ0v) is 13.7. The zero-order chi connectivity index (χ0) is 16.2. The van der Waals surface area contributed by atoms with Crippen LogP contribution in [0.4, 0.5) is 0 Å². The van der Waals surface area contributed by atoms with Crippen molar-refractivity contribution in [2.24, 2.45) is 0 Å². The van der Waals surface area contributed by atoms with Crippen LogP contribution in [0, 0.1) is 6.92 Å². The van der Waals surface area contributed by atoms with Gasteiger partial charge < -0.3 is 19.3 Å². The summed E-state index contributed by atoms with van der Waals surface area (Å²) >= 11 is 1.45. The van der Waals surface area contributed by atoms with E-state index in [0.717, 1.165) is 11.3 Å². The summed E-state index contributed by atoms with van der Waals surface area (Å²) in [6.45, 7) is 4.39. The highest BCUT2D eigenvalue weighted by Gasteiger charge is 2.16. The maximum absolute atomic E-state index is 11.9. The van der Waals surface area contributed by atoms with Crippen molar-refractivity contribution in [2.45, 2.75) is 25.6 Å². The smallest absolute Gasteiger partial charge is 0.239 e. The van der Waals surface area contributed by atoms with Gasteiger partial charge in [-0.15, -0.1) is 11.8 Å². The number of aromatic nitrogens is 2. The number of nitrogens with one attached hydrogen (secondary N) is 1. The van der Waals surface area contributed by atoms with Crippen molar-refractivity contribution in [3.63, 3.8) is 0 Å². The third kappa shape index (κ3) is 3.95. The van der Waals surface area contributed by atoms with Crippen molar-refractivity contribution in [2.75, 3.05) is 12.5 Å². The second-order valence-electron chi connectivity index (χ2n) is 5.10. The molecule has 0 radical (unpaired) electrons. The van der Waals surface area contributed by atoms with Gasteiger partial charge in [0.25, 0.3) is 0 Å². The normalized spacial score (nSPS) is 13.8. The van der Waals surface area contributed by atoms with E-state index in [1.807, 2.05) is 25.1 Å². The molecule has 0 bridgehead atoms. The molecule has 23 heavy (non-hydrogen) atoms. The summed E-state index contributed by atoms with van der Waals surface area (Å²) in [6, 6.07) is 5.63. The summed E-state index contributed by atoms with van der Waals surface area (Å²) < 4.78 is 15.7. The maximum Gasteiger partial charge on any atom is 0.239 e. The van der Waals surface area contributed by atoms with E-state index in [9.17, 15) is 4.79 Å². The van der Waals surface area contributed by atoms with Crippen LogP contribution >= 0.6 is 11.8 Å². The molecular formula is C15H17N3O4S. The van der Waals surface area contributed by atoms with Gasteiger partial charge in [0, 0.05) is 6.54 Å². The Bertz CT molecular complexity index is 704. The molecule has 1 unspecified atom stereocenters. The highest BCUT2D eigenvalue weighted by molar-refractivity contribution is 8.00. The molecule has 1 N–H and O–H groups in total. The molecule has 8 heteroatoms. The number of nitrogens with zero attached hydrogens (tertiary/aromatic N) is 2. The number of aryl methyl sites for hydroxylation is 1. The summed E-state index contributed by atoms with van der Waals surface area (Å²) in [5, 5.41) is 6.61. The molecule has 2 heterocycles. The fraction of sp³-hybridized carbons (Fsp3) is 0.400. The minimum atomic E-state index is -0.0456. The topological polar surface area (TPSA) is 86.5 Å². The van der Waals surface area contributed by atoms with Gasteiger partial charge in [-0.05, 0) is 31.5 Å². The molecule has 0 fully saturated rings. The van der Waals surface area contributed by atoms with E-state index in [1.165, 1.54) is 11.8 Å². The maximum atomic E-state index is 11.9. The second-order valence-corrected chi connectivity index (χ2v) is 6.43. The summed E-state index contributed by atoms with van der Waals surface area (Å²) in [5.74, 6) is 2.87. The van der Waals surface area contributed by atoms with Crippen LogP contribution in [0.15, 0.2) is 22.7 Å². The van der Waals surface area contributed by atoms with Crippen LogP contribution in [0.5, 0.6) is 11.5 Å². The van der Waals surface area contributed by atoms with E-state index in [2.05, 4.69) is 15.5 Å². The van der Waals surface area contributed by atoms with E-state index in [4.69, 9.17) is 14.0 Å². The molecule has 1 aliphatic rings. The van der Waals surface area contributed by atoms with E-state index >= 15 is 0 Å². The number of carbonyl (C=O) groups excluding carboxylic acids is 1. The van der Waals surface area contributed by atoms with E-state index in [-0.39, 0.29) is 18.0 Å². The Hall–Kier alpha value is -2.22. The highest BCUT2D eigenvalue weighted by atomic mass is 32.2. The Morgan fingerprint density at radius 1 is 1.39 bits per heavy atom. The minimum Gasteiger partial charge on any atom is -0.454 e. The molecule has 1 aromatic carbocycles. The summed E-state index contributed by atoms with van der Waals surface area (Å²) in [7, 11) is 0. The Labute approximate surface area is 137 Å². The average Bonchev–Trinajstić information content (AvgIpc) is 3.18. The van der Waals surface area contributed by atoms with Crippen LogP contribution < -0.4 is 14.8 Å². The first-order valence-electron chi connectivity index (χ1n) is 7.19. The number of hydrogen-bond acceptors (Lipinski definition) is 7. The number of rotatable bonds is 6. The van der Waals surface area contributed by atoms with Gasteiger partial charge in [-0.1, -0.05) is 11.2 Å². The largest absolute Gasteiger partial charge is 0.454 e. The van der Waals surface area contributed by atoms with Crippen LogP contribution in [0.3, 0.4) is 0 Å². The predicted molar refractivity (Wildman–Crippen MR) is 84.3 cm³/mol. The summed E-state index contributed by atoms with van der Waals surface area (Å²) in [4.78, 5) is 16.1. The third-order valence-corrected chi connectivity index (χ3v) is 4.41. The van der Waals surface area contributed by atoms with Crippen LogP contribution in [0.25, 0.3) is 0 Å². The van der Waals surface area contributed by atoms with Crippen molar-refractivity contribution >= 4 is 17.7 Å². The monoisotopic (exact) mass is 335 g/mol. The van der Waals surface area contributed by atoms with Crippen molar-refractivity contribution in [1.29, 1.82) is 0 Å². The lowest BCUT2D eigenvalue weighted by Gasteiger charge is -2.08. The number of carbonyl (C=O) groups is 1. The molecular weight excluding hydrogens is 318 g/mol. The number of hydrogen-bond donors (Lipinski definition) is 1. The number of benzene rings is 1. The van der Waals surface area contributed by atoms with Crippen LogP contribution in [0.2, 0.25) is 0 Å². The van der Waals surface area contributed by atoms with E-state index in [1.54, 1.807) is 6.92 Å². The Kier molecular flexibility index (Phi) is 4.71. The molecule has 1 amide bonds. The van der Waals surface area contributed by atoms with Gasteiger partial charge in [0.15, 0.2) is 17.3 Å². The fourth-order valence-corrected chi connectivity index (χ4v) is 2.79. The second kappa shape index (κ2) is 6.91. The Balaban J connectivity index is 1.44. The van der Waals surface area contributed by atoms with Crippen LogP contribution in [0.1, 0.15) is 29.5 Å². The SMILES string of the molecule is Cc1noc(C(C)SCC(=O)NCc2ccc3c(c2)OCO3)n1. The van der Waals surface area contributed by atoms with Crippen molar-refractivity contribution in [1.82, 2.24) is 15.5 Å². The van der Waals surface area contributed by atoms with Gasteiger partial charge in [0.05, 0.1) is 11.0 Å². The predicted octanol–water partition coefficient (Wildman–Crippen LogP) is 2.22. The Morgan fingerprint density at radius 2 is 2.22 bits per heavy atom. The van der Waals surface area contributed by atoms with Gasteiger partial charge in [0.2, 0.25) is 18.6 Å². The summed E-state index contributed by atoms with van der Waals surface area (Å²) in [6.07, 6.45) is 0. The number of fused-ring (bicyclic) bond motifs is 1. The first-order chi connectivity index (χ1) is 11.1. The molecule has 2 aromatic rings. The fourth-order valence-electron chi connectivity index (χ4n) is 2.05. The molecule has 1 aliphatic heterocycles. The number of amides is 1. The summed E-state index contributed by atoms with van der Waals surface area (Å²) in [5.41, 5.74) is 0.966. The number of thioether (sulfide) groups is 1. The molecule has 1 aromatic heterocycles. The first kappa shape index (κ1) is 15.7. The van der Waals surface area contributed by atoms with Crippen LogP contribution in [-0.2, 0) is 11.3 Å². The Morgan fingerprint density at radius 3 is 3.00 bits per heavy atom. The average molecular weight is 335 g/mol. The quantitative estimate of drug-likeness (QED) is 0.866. The molecule has 0 saturated heterocycles. The lowest BCUT2D eigenvalue weighted by Crippen LogP contribution is -2.24. The molecule has 122 valence electrons.